The lowest BCUT2D eigenvalue weighted by Crippen LogP contribution is -2.15. The van der Waals surface area contributed by atoms with E-state index in [9.17, 15) is 4.79 Å². The van der Waals surface area contributed by atoms with Crippen molar-refractivity contribution in [3.63, 3.8) is 0 Å². The van der Waals surface area contributed by atoms with Gasteiger partial charge in [0.25, 0.3) is 5.91 Å². The Morgan fingerprint density at radius 1 is 1.27 bits per heavy atom. The molecular formula is C15H17ClN4O2. The topological polar surface area (TPSA) is 76.1 Å². The maximum atomic E-state index is 12.0. The first-order valence-corrected chi connectivity index (χ1v) is 7.20. The van der Waals surface area contributed by atoms with E-state index < -0.39 is 0 Å². The number of nitrogens with zero attached hydrogens (tertiary/aromatic N) is 2. The predicted molar refractivity (Wildman–Crippen MR) is 86.4 cm³/mol. The molecule has 1 heterocycles. The van der Waals surface area contributed by atoms with E-state index in [1.807, 2.05) is 0 Å². The third kappa shape index (κ3) is 4.98. The summed E-state index contributed by atoms with van der Waals surface area (Å²) in [6.07, 6.45) is 0.870. The number of anilines is 2. The number of ether oxygens (including phenoxy) is 1. The van der Waals surface area contributed by atoms with Crippen molar-refractivity contribution in [2.75, 3.05) is 30.9 Å². The highest BCUT2D eigenvalue weighted by molar-refractivity contribution is 6.30. The molecule has 0 bridgehead atoms. The Hall–Kier alpha value is -2.18. The molecule has 1 aromatic heterocycles. The fraction of sp³-hybridized carbons (Fsp3) is 0.267. The Balaban J connectivity index is 1.90. The number of methoxy groups -OCH3 is 1. The molecule has 6 nitrogen and oxygen atoms in total. The number of rotatable bonds is 7. The van der Waals surface area contributed by atoms with E-state index >= 15 is 0 Å². The van der Waals surface area contributed by atoms with Crippen LogP contribution in [0, 0.1) is 0 Å². The van der Waals surface area contributed by atoms with E-state index in [1.54, 1.807) is 43.5 Å². The van der Waals surface area contributed by atoms with Crippen LogP contribution in [-0.4, -0.2) is 36.4 Å². The number of carbonyl (C=O) groups excluding carboxylic acids is 1. The lowest BCUT2D eigenvalue weighted by Gasteiger charge is -2.06. The Bertz CT molecular complexity index is 619. The number of nitrogens with one attached hydrogen (secondary N) is 2. The third-order valence-electron chi connectivity index (χ3n) is 2.81. The molecule has 1 aromatic carbocycles. The number of benzene rings is 1. The fourth-order valence-electron chi connectivity index (χ4n) is 1.74. The van der Waals surface area contributed by atoms with Gasteiger partial charge in [0.2, 0.25) is 0 Å². The molecule has 0 radical (unpaired) electrons. The second-order valence-corrected chi connectivity index (χ2v) is 4.98. The summed E-state index contributed by atoms with van der Waals surface area (Å²) in [7, 11) is 1.66. The standard InChI is InChI=1S/C15H17ClN4O2/c1-22-9-3-8-17-14-7-6-13(19-20-14)15(21)18-12-5-2-4-11(16)10-12/h2,4-7,10H,3,8-9H2,1H3,(H,17,20)(H,18,21). The molecule has 0 aliphatic rings. The van der Waals surface area contributed by atoms with E-state index in [4.69, 9.17) is 16.3 Å². The van der Waals surface area contributed by atoms with Crippen LogP contribution in [0.5, 0.6) is 0 Å². The molecule has 0 unspecified atom stereocenters. The van der Waals surface area contributed by atoms with Crippen molar-refractivity contribution in [2.24, 2.45) is 0 Å². The van der Waals surface area contributed by atoms with E-state index in [0.717, 1.165) is 13.0 Å². The van der Waals surface area contributed by atoms with Crippen LogP contribution in [0.2, 0.25) is 5.02 Å². The fourth-order valence-corrected chi connectivity index (χ4v) is 1.93. The van der Waals surface area contributed by atoms with E-state index in [2.05, 4.69) is 20.8 Å². The molecule has 0 atom stereocenters. The van der Waals surface area contributed by atoms with Crippen LogP contribution in [0.4, 0.5) is 11.5 Å². The highest BCUT2D eigenvalue weighted by atomic mass is 35.5. The molecule has 0 saturated heterocycles. The minimum Gasteiger partial charge on any atom is -0.385 e. The molecule has 1 amide bonds. The Labute approximate surface area is 133 Å². The minimum absolute atomic E-state index is 0.238. The predicted octanol–water partition coefficient (Wildman–Crippen LogP) is 2.83. The zero-order chi connectivity index (χ0) is 15.8. The Morgan fingerprint density at radius 3 is 2.82 bits per heavy atom. The van der Waals surface area contributed by atoms with Gasteiger partial charge in [-0.1, -0.05) is 17.7 Å². The second kappa shape index (κ2) is 8.31. The van der Waals surface area contributed by atoms with Crippen LogP contribution in [0.1, 0.15) is 16.9 Å². The van der Waals surface area contributed by atoms with Gasteiger partial charge < -0.3 is 15.4 Å². The quantitative estimate of drug-likeness (QED) is 0.767. The summed E-state index contributed by atoms with van der Waals surface area (Å²) < 4.78 is 4.96. The van der Waals surface area contributed by atoms with Gasteiger partial charge in [0.15, 0.2) is 5.69 Å². The molecule has 22 heavy (non-hydrogen) atoms. The number of hydrogen-bond donors (Lipinski definition) is 2. The lowest BCUT2D eigenvalue weighted by atomic mass is 10.3. The number of aromatic nitrogens is 2. The molecule has 0 aliphatic heterocycles. The number of halogens is 1. The van der Waals surface area contributed by atoms with Crippen molar-refractivity contribution in [2.45, 2.75) is 6.42 Å². The Morgan fingerprint density at radius 2 is 2.14 bits per heavy atom. The third-order valence-corrected chi connectivity index (χ3v) is 3.05. The van der Waals surface area contributed by atoms with Gasteiger partial charge in [-0.05, 0) is 36.8 Å². The highest BCUT2D eigenvalue weighted by Crippen LogP contribution is 2.15. The summed E-state index contributed by atoms with van der Waals surface area (Å²) in [5.41, 5.74) is 0.850. The number of hydrogen-bond acceptors (Lipinski definition) is 5. The molecular weight excluding hydrogens is 304 g/mol. The summed E-state index contributed by atoms with van der Waals surface area (Å²) in [6.45, 7) is 1.41. The number of amides is 1. The van der Waals surface area contributed by atoms with E-state index in [-0.39, 0.29) is 11.6 Å². The van der Waals surface area contributed by atoms with Gasteiger partial charge in [0.05, 0.1) is 0 Å². The van der Waals surface area contributed by atoms with Crippen molar-refractivity contribution in [3.05, 3.63) is 47.1 Å². The molecule has 0 saturated carbocycles. The van der Waals surface area contributed by atoms with Gasteiger partial charge in [-0.25, -0.2) is 0 Å². The lowest BCUT2D eigenvalue weighted by molar-refractivity contribution is 0.102. The first kappa shape index (κ1) is 16.2. The zero-order valence-corrected chi connectivity index (χ0v) is 12.9. The summed E-state index contributed by atoms with van der Waals surface area (Å²) in [5, 5.41) is 14.2. The normalized spacial score (nSPS) is 10.3. The zero-order valence-electron chi connectivity index (χ0n) is 12.2. The first-order chi connectivity index (χ1) is 10.7. The maximum Gasteiger partial charge on any atom is 0.276 e. The van der Waals surface area contributed by atoms with Crippen molar-refractivity contribution >= 4 is 29.0 Å². The first-order valence-electron chi connectivity index (χ1n) is 6.82. The van der Waals surface area contributed by atoms with E-state index in [0.29, 0.717) is 23.1 Å². The van der Waals surface area contributed by atoms with Crippen LogP contribution < -0.4 is 10.6 Å². The minimum atomic E-state index is -0.333. The molecule has 2 aromatic rings. The molecule has 2 rings (SSSR count). The summed E-state index contributed by atoms with van der Waals surface area (Å²) in [5.74, 6) is 0.288. The van der Waals surface area contributed by atoms with Crippen molar-refractivity contribution in [3.8, 4) is 0 Å². The van der Waals surface area contributed by atoms with Crippen molar-refractivity contribution in [1.29, 1.82) is 0 Å². The molecule has 7 heteroatoms. The van der Waals surface area contributed by atoms with Crippen molar-refractivity contribution in [1.82, 2.24) is 10.2 Å². The average Bonchev–Trinajstić information content (AvgIpc) is 2.52. The van der Waals surface area contributed by atoms with Gasteiger partial charge in [-0.3, -0.25) is 4.79 Å². The molecule has 2 N–H and O–H groups in total. The largest absolute Gasteiger partial charge is 0.385 e. The molecule has 0 aliphatic carbocycles. The van der Waals surface area contributed by atoms with Gasteiger partial charge in [-0.15, -0.1) is 10.2 Å². The van der Waals surface area contributed by atoms with Crippen LogP contribution in [0.25, 0.3) is 0 Å². The van der Waals surface area contributed by atoms with Crippen LogP contribution in [-0.2, 0) is 4.74 Å². The molecule has 0 spiro atoms. The Kier molecular flexibility index (Phi) is 6.12. The van der Waals surface area contributed by atoms with Gasteiger partial charge in [0.1, 0.15) is 5.82 Å². The second-order valence-electron chi connectivity index (χ2n) is 4.54. The maximum absolute atomic E-state index is 12.0. The highest BCUT2D eigenvalue weighted by Gasteiger charge is 2.08. The van der Waals surface area contributed by atoms with Crippen molar-refractivity contribution < 1.29 is 9.53 Å². The smallest absolute Gasteiger partial charge is 0.276 e. The van der Waals surface area contributed by atoms with Crippen LogP contribution in [0.15, 0.2) is 36.4 Å². The molecule has 116 valence electrons. The van der Waals surface area contributed by atoms with Crippen LogP contribution in [0.3, 0.4) is 0 Å². The molecule has 0 fully saturated rings. The van der Waals surface area contributed by atoms with Gasteiger partial charge in [0, 0.05) is 31.0 Å². The number of carbonyl (C=O) groups is 1. The summed E-state index contributed by atoms with van der Waals surface area (Å²) in [4.78, 5) is 12.0. The van der Waals surface area contributed by atoms with E-state index in [1.165, 1.54) is 0 Å². The summed E-state index contributed by atoms with van der Waals surface area (Å²) >= 11 is 5.87. The van der Waals surface area contributed by atoms with Crippen LogP contribution >= 0.6 is 11.6 Å². The average molecular weight is 321 g/mol. The summed E-state index contributed by atoms with van der Waals surface area (Å²) in [6, 6.07) is 10.2. The monoisotopic (exact) mass is 320 g/mol. The van der Waals surface area contributed by atoms with Gasteiger partial charge >= 0.3 is 0 Å². The van der Waals surface area contributed by atoms with Gasteiger partial charge in [-0.2, -0.15) is 0 Å². The SMILES string of the molecule is COCCCNc1ccc(C(=O)Nc2cccc(Cl)c2)nn1.